The van der Waals surface area contributed by atoms with Crippen molar-refractivity contribution in [3.8, 4) is 28.4 Å². The number of imide groups is 1. The lowest BCUT2D eigenvalue weighted by atomic mass is 9.91. The standard InChI is InChI=1S/C35H40FN3O6/c1-20-15-23(36)16-21(2)31(20)45-28-12-7-22(34(3,4)43)17-26(28)27-19-37(5)30(40)18-29(27)44-25-10-8-24(9-11-25)39-32(41)35(13-14-35)38(6)33(39)42/h7,12,15-19,24-25,43H,8-11,13-14H2,1-6H3. The summed E-state index contributed by atoms with van der Waals surface area (Å²) >= 11 is 0. The lowest BCUT2D eigenvalue weighted by molar-refractivity contribution is -0.131. The molecule has 10 heteroatoms. The first-order valence-electron chi connectivity index (χ1n) is 15.5. The Morgan fingerprint density at radius 3 is 2.13 bits per heavy atom. The summed E-state index contributed by atoms with van der Waals surface area (Å²) in [4.78, 5) is 42.0. The van der Waals surface area contributed by atoms with E-state index in [2.05, 4.69) is 0 Å². The molecule has 238 valence electrons. The van der Waals surface area contributed by atoms with Crippen LogP contribution in [0.3, 0.4) is 0 Å². The van der Waals surface area contributed by atoms with E-state index >= 15 is 0 Å². The summed E-state index contributed by atoms with van der Waals surface area (Å²) < 4.78 is 28.5. The zero-order valence-electron chi connectivity index (χ0n) is 26.6. The molecule has 6 rings (SSSR count). The first-order valence-corrected chi connectivity index (χ1v) is 15.5. The Hall–Kier alpha value is -4.18. The molecule has 1 saturated heterocycles. The lowest BCUT2D eigenvalue weighted by Gasteiger charge is -2.33. The molecule has 1 N–H and O–H groups in total. The number of rotatable bonds is 7. The highest BCUT2D eigenvalue weighted by Crippen LogP contribution is 2.49. The number of aliphatic hydroxyl groups is 1. The van der Waals surface area contributed by atoms with E-state index in [0.717, 1.165) is 12.8 Å². The van der Waals surface area contributed by atoms with Gasteiger partial charge in [0.05, 0.1) is 11.7 Å². The van der Waals surface area contributed by atoms with Crippen LogP contribution in [0.2, 0.25) is 0 Å². The number of hydrogen-bond acceptors (Lipinski definition) is 6. The molecule has 45 heavy (non-hydrogen) atoms. The highest BCUT2D eigenvalue weighted by Gasteiger charge is 2.64. The summed E-state index contributed by atoms with van der Waals surface area (Å²) in [5.41, 5.74) is 1.05. The molecule has 9 nitrogen and oxygen atoms in total. The monoisotopic (exact) mass is 617 g/mol. The number of amides is 3. The Bertz CT molecular complexity index is 1720. The minimum Gasteiger partial charge on any atom is -0.490 e. The van der Waals surface area contributed by atoms with E-state index in [1.807, 2.05) is 6.07 Å². The second-order valence-electron chi connectivity index (χ2n) is 13.3. The molecule has 3 aromatic rings. The fraction of sp³-hybridized carbons (Fsp3) is 0.457. The predicted octanol–water partition coefficient (Wildman–Crippen LogP) is 5.94. The van der Waals surface area contributed by atoms with Crippen molar-refractivity contribution in [2.75, 3.05) is 7.05 Å². The number of carbonyl (C=O) groups excluding carboxylic acids is 2. The molecular weight excluding hydrogens is 577 g/mol. The number of halogens is 1. The van der Waals surface area contributed by atoms with Crippen molar-refractivity contribution in [1.82, 2.24) is 14.4 Å². The molecule has 2 aliphatic carbocycles. The van der Waals surface area contributed by atoms with Crippen molar-refractivity contribution in [2.24, 2.45) is 7.05 Å². The maximum atomic E-state index is 14.1. The number of aromatic nitrogens is 1. The third-order valence-electron chi connectivity index (χ3n) is 9.58. The van der Waals surface area contributed by atoms with Gasteiger partial charge in [-0.05, 0) is 107 Å². The van der Waals surface area contributed by atoms with Crippen LogP contribution in [0.4, 0.5) is 9.18 Å². The first kappa shape index (κ1) is 30.8. The highest BCUT2D eigenvalue weighted by molar-refractivity contribution is 6.09. The van der Waals surface area contributed by atoms with Gasteiger partial charge in [0.25, 0.3) is 11.5 Å². The summed E-state index contributed by atoms with van der Waals surface area (Å²) in [7, 11) is 3.37. The van der Waals surface area contributed by atoms with Gasteiger partial charge >= 0.3 is 6.03 Å². The van der Waals surface area contributed by atoms with E-state index in [0.29, 0.717) is 70.7 Å². The van der Waals surface area contributed by atoms with Crippen LogP contribution < -0.4 is 15.0 Å². The molecule has 0 unspecified atom stereocenters. The summed E-state index contributed by atoms with van der Waals surface area (Å²) in [5.74, 6) is 0.910. The minimum atomic E-state index is -1.16. The van der Waals surface area contributed by atoms with Crippen molar-refractivity contribution in [3.05, 3.63) is 75.5 Å². The normalized spacial score (nSPS) is 21.1. The molecule has 1 aromatic heterocycles. The molecule has 0 atom stereocenters. The molecule has 2 heterocycles. The molecule has 2 saturated carbocycles. The second-order valence-corrected chi connectivity index (χ2v) is 13.3. The van der Waals surface area contributed by atoms with E-state index in [1.54, 1.807) is 65.0 Å². The smallest absolute Gasteiger partial charge is 0.327 e. The molecule has 1 aliphatic heterocycles. The number of carbonyl (C=O) groups is 2. The number of likely N-dealkylation sites (N-methyl/N-ethyl adjacent to an activating group) is 1. The van der Waals surface area contributed by atoms with Crippen LogP contribution in [-0.2, 0) is 17.4 Å². The lowest BCUT2D eigenvalue weighted by Crippen LogP contribution is -2.44. The number of aryl methyl sites for hydroxylation is 3. The van der Waals surface area contributed by atoms with Crippen molar-refractivity contribution >= 4 is 11.9 Å². The largest absolute Gasteiger partial charge is 0.490 e. The Balaban J connectivity index is 1.31. The van der Waals surface area contributed by atoms with Crippen molar-refractivity contribution in [1.29, 1.82) is 0 Å². The molecule has 2 aromatic carbocycles. The van der Waals surface area contributed by atoms with Crippen LogP contribution in [0.1, 0.15) is 69.1 Å². The van der Waals surface area contributed by atoms with Crippen LogP contribution in [0.15, 0.2) is 47.4 Å². The fourth-order valence-electron chi connectivity index (χ4n) is 6.68. The zero-order chi connectivity index (χ0) is 32.4. The van der Waals surface area contributed by atoms with Gasteiger partial charge in [-0.15, -0.1) is 0 Å². The summed E-state index contributed by atoms with van der Waals surface area (Å²) in [6, 6.07) is 9.24. The molecular formula is C35H40FN3O6. The molecule has 3 aliphatic rings. The van der Waals surface area contributed by atoms with Gasteiger partial charge in [-0.2, -0.15) is 0 Å². The van der Waals surface area contributed by atoms with Gasteiger partial charge in [-0.1, -0.05) is 6.07 Å². The maximum absolute atomic E-state index is 14.1. The Morgan fingerprint density at radius 1 is 0.911 bits per heavy atom. The predicted molar refractivity (Wildman–Crippen MR) is 167 cm³/mol. The average molecular weight is 618 g/mol. The van der Waals surface area contributed by atoms with Gasteiger partial charge in [0, 0.05) is 43.5 Å². The van der Waals surface area contributed by atoms with Crippen molar-refractivity contribution in [3.63, 3.8) is 0 Å². The van der Waals surface area contributed by atoms with Gasteiger partial charge in [0.2, 0.25) is 0 Å². The number of benzene rings is 2. The molecule has 3 amide bonds. The number of nitrogens with zero attached hydrogens (tertiary/aromatic N) is 3. The topological polar surface area (TPSA) is 101 Å². The minimum absolute atomic E-state index is 0.0842. The van der Waals surface area contributed by atoms with E-state index in [-0.39, 0.29) is 35.5 Å². The second kappa shape index (κ2) is 11.0. The zero-order valence-corrected chi connectivity index (χ0v) is 26.6. The van der Waals surface area contributed by atoms with Crippen LogP contribution in [-0.4, -0.2) is 56.1 Å². The van der Waals surface area contributed by atoms with E-state index in [9.17, 15) is 23.9 Å². The number of pyridine rings is 1. The Labute approximate surface area is 262 Å². The van der Waals surface area contributed by atoms with Crippen molar-refractivity contribution in [2.45, 2.75) is 89.5 Å². The number of urea groups is 1. The SMILES string of the molecule is Cc1cc(F)cc(C)c1Oc1ccc(C(C)(C)O)cc1-c1cn(C)c(=O)cc1OC1CCC(N2C(=O)N(C)C3(CC3)C2=O)CC1. The van der Waals surface area contributed by atoms with Crippen LogP contribution >= 0.6 is 0 Å². The summed E-state index contributed by atoms with van der Waals surface area (Å²) in [6.07, 6.45) is 5.32. The Kier molecular flexibility index (Phi) is 7.54. The van der Waals surface area contributed by atoms with Crippen LogP contribution in [0.5, 0.6) is 17.2 Å². The van der Waals surface area contributed by atoms with Gasteiger partial charge < -0.3 is 24.0 Å². The average Bonchev–Trinajstić information content (AvgIpc) is 3.76. The van der Waals surface area contributed by atoms with Gasteiger partial charge in [-0.25, -0.2) is 9.18 Å². The van der Waals surface area contributed by atoms with E-state index < -0.39 is 11.1 Å². The third kappa shape index (κ3) is 5.49. The van der Waals surface area contributed by atoms with Gasteiger partial charge in [0.15, 0.2) is 0 Å². The first-order chi connectivity index (χ1) is 21.2. The van der Waals surface area contributed by atoms with Crippen LogP contribution in [0.25, 0.3) is 11.1 Å². The quantitative estimate of drug-likeness (QED) is 0.329. The Morgan fingerprint density at radius 2 is 1.56 bits per heavy atom. The molecule has 0 bridgehead atoms. The third-order valence-corrected chi connectivity index (χ3v) is 9.58. The fourth-order valence-corrected chi connectivity index (χ4v) is 6.68. The molecule has 3 fully saturated rings. The van der Waals surface area contributed by atoms with Crippen molar-refractivity contribution < 1.29 is 28.6 Å². The van der Waals surface area contributed by atoms with E-state index in [1.165, 1.54) is 27.7 Å². The molecule has 1 spiro atoms. The van der Waals surface area contributed by atoms with Gasteiger partial charge in [0.1, 0.15) is 28.6 Å². The van der Waals surface area contributed by atoms with Gasteiger partial charge in [-0.3, -0.25) is 14.5 Å². The number of hydrogen-bond donors (Lipinski definition) is 1. The highest BCUT2D eigenvalue weighted by atomic mass is 19.1. The number of ether oxygens (including phenoxy) is 2. The molecule has 0 radical (unpaired) electrons. The summed E-state index contributed by atoms with van der Waals surface area (Å²) in [6.45, 7) is 6.94. The van der Waals surface area contributed by atoms with Crippen LogP contribution in [0, 0.1) is 19.7 Å². The van der Waals surface area contributed by atoms with E-state index in [4.69, 9.17) is 9.47 Å². The maximum Gasteiger partial charge on any atom is 0.327 e. The summed E-state index contributed by atoms with van der Waals surface area (Å²) in [5, 5.41) is 10.9.